The number of nitrogens with zero attached hydrogens (tertiary/aromatic N) is 1. The van der Waals surface area contributed by atoms with Crippen molar-refractivity contribution >= 4 is 0 Å². The van der Waals surface area contributed by atoms with Gasteiger partial charge in [0.05, 0.1) is 6.61 Å². The third-order valence-corrected chi connectivity index (χ3v) is 3.34. The van der Waals surface area contributed by atoms with Crippen molar-refractivity contribution in [2.75, 3.05) is 32.8 Å². The van der Waals surface area contributed by atoms with Crippen LogP contribution in [0.4, 0.5) is 0 Å². The molecule has 3 nitrogen and oxygen atoms in total. The molecule has 114 valence electrons. The monoisotopic (exact) mass is 278 g/mol. The smallest absolute Gasteiger partial charge is 0.119 e. The molecule has 0 saturated carbocycles. The first-order valence-electron chi connectivity index (χ1n) is 7.80. The molecule has 1 rings (SSSR count). The summed E-state index contributed by atoms with van der Waals surface area (Å²) in [5.74, 6) is 1.53. The highest BCUT2D eigenvalue weighted by Crippen LogP contribution is 2.13. The average Bonchev–Trinajstić information content (AvgIpc) is 2.46. The molecular formula is C17H30N2O. The standard InChI is InChI=1S/C17H30N2O/c1-5-19(6-2)12-11-18-13-16-7-9-17(10-8-16)20-14-15(3)4/h7-10,15,18H,5-6,11-14H2,1-4H3. The summed E-state index contributed by atoms with van der Waals surface area (Å²) >= 11 is 0. The Labute approximate surface area is 124 Å². The van der Waals surface area contributed by atoms with Crippen molar-refractivity contribution in [3.63, 3.8) is 0 Å². The molecule has 0 saturated heterocycles. The molecule has 1 aromatic carbocycles. The van der Waals surface area contributed by atoms with Gasteiger partial charge in [-0.1, -0.05) is 39.8 Å². The highest BCUT2D eigenvalue weighted by atomic mass is 16.5. The maximum Gasteiger partial charge on any atom is 0.119 e. The fourth-order valence-electron chi connectivity index (χ4n) is 1.98. The Bertz CT molecular complexity index is 345. The molecule has 0 heterocycles. The van der Waals surface area contributed by atoms with Crippen LogP contribution in [-0.2, 0) is 6.54 Å². The van der Waals surface area contributed by atoms with Crippen molar-refractivity contribution in [1.82, 2.24) is 10.2 Å². The number of ether oxygens (including phenoxy) is 1. The second kappa shape index (κ2) is 9.78. The highest BCUT2D eigenvalue weighted by molar-refractivity contribution is 5.27. The summed E-state index contributed by atoms with van der Waals surface area (Å²) in [6.45, 7) is 14.8. The molecule has 3 heteroatoms. The molecule has 0 aliphatic carbocycles. The Kier molecular flexibility index (Phi) is 8.31. The van der Waals surface area contributed by atoms with E-state index in [1.807, 2.05) is 0 Å². The van der Waals surface area contributed by atoms with Crippen LogP contribution in [-0.4, -0.2) is 37.7 Å². The van der Waals surface area contributed by atoms with Gasteiger partial charge in [-0.3, -0.25) is 0 Å². The molecule has 0 atom stereocenters. The molecule has 0 radical (unpaired) electrons. The van der Waals surface area contributed by atoms with E-state index in [-0.39, 0.29) is 0 Å². The van der Waals surface area contributed by atoms with E-state index in [1.54, 1.807) is 0 Å². The number of likely N-dealkylation sites (N-methyl/N-ethyl adjacent to an activating group) is 1. The molecule has 0 aliphatic rings. The normalized spacial score (nSPS) is 11.3. The molecule has 0 aliphatic heterocycles. The van der Waals surface area contributed by atoms with Gasteiger partial charge in [-0.05, 0) is 36.7 Å². The minimum Gasteiger partial charge on any atom is -0.493 e. The van der Waals surface area contributed by atoms with Gasteiger partial charge in [0.2, 0.25) is 0 Å². The van der Waals surface area contributed by atoms with Crippen LogP contribution in [0.5, 0.6) is 5.75 Å². The highest BCUT2D eigenvalue weighted by Gasteiger charge is 2.00. The van der Waals surface area contributed by atoms with Crippen LogP contribution in [0, 0.1) is 5.92 Å². The average molecular weight is 278 g/mol. The Morgan fingerprint density at radius 3 is 2.30 bits per heavy atom. The Morgan fingerprint density at radius 1 is 1.10 bits per heavy atom. The van der Waals surface area contributed by atoms with E-state index in [1.165, 1.54) is 5.56 Å². The molecule has 0 fully saturated rings. The SMILES string of the molecule is CCN(CC)CCNCc1ccc(OCC(C)C)cc1. The molecule has 1 N–H and O–H groups in total. The summed E-state index contributed by atoms with van der Waals surface area (Å²) in [5, 5.41) is 3.49. The van der Waals surface area contributed by atoms with E-state index in [0.29, 0.717) is 5.92 Å². The van der Waals surface area contributed by atoms with Gasteiger partial charge in [-0.15, -0.1) is 0 Å². The first kappa shape index (κ1) is 17.0. The zero-order valence-corrected chi connectivity index (χ0v) is 13.5. The molecule has 0 amide bonds. The van der Waals surface area contributed by atoms with E-state index >= 15 is 0 Å². The van der Waals surface area contributed by atoms with Crippen LogP contribution < -0.4 is 10.1 Å². The van der Waals surface area contributed by atoms with Gasteiger partial charge in [0, 0.05) is 19.6 Å². The zero-order valence-electron chi connectivity index (χ0n) is 13.5. The Morgan fingerprint density at radius 2 is 1.75 bits per heavy atom. The summed E-state index contributed by atoms with van der Waals surface area (Å²) in [7, 11) is 0. The van der Waals surface area contributed by atoms with E-state index in [4.69, 9.17) is 4.74 Å². The van der Waals surface area contributed by atoms with Crippen LogP contribution in [0.15, 0.2) is 24.3 Å². The van der Waals surface area contributed by atoms with E-state index in [9.17, 15) is 0 Å². The molecule has 0 spiro atoms. The van der Waals surface area contributed by atoms with Crippen LogP contribution in [0.3, 0.4) is 0 Å². The van der Waals surface area contributed by atoms with E-state index in [0.717, 1.165) is 45.1 Å². The van der Waals surface area contributed by atoms with E-state index < -0.39 is 0 Å². The summed E-state index contributed by atoms with van der Waals surface area (Å²) in [6.07, 6.45) is 0. The summed E-state index contributed by atoms with van der Waals surface area (Å²) in [5.41, 5.74) is 1.31. The summed E-state index contributed by atoms with van der Waals surface area (Å²) < 4.78 is 5.68. The molecule has 0 aromatic heterocycles. The molecule has 20 heavy (non-hydrogen) atoms. The number of hydrogen-bond donors (Lipinski definition) is 1. The van der Waals surface area contributed by atoms with Crippen LogP contribution in [0.2, 0.25) is 0 Å². The van der Waals surface area contributed by atoms with Gasteiger partial charge in [-0.25, -0.2) is 0 Å². The third kappa shape index (κ3) is 6.92. The lowest BCUT2D eigenvalue weighted by molar-refractivity contribution is 0.271. The second-order valence-corrected chi connectivity index (χ2v) is 5.55. The molecule has 1 aromatic rings. The minimum atomic E-state index is 0.566. The third-order valence-electron chi connectivity index (χ3n) is 3.34. The van der Waals surface area contributed by atoms with Crippen LogP contribution in [0.25, 0.3) is 0 Å². The molecule has 0 unspecified atom stereocenters. The number of nitrogens with one attached hydrogen (secondary N) is 1. The quantitative estimate of drug-likeness (QED) is 0.665. The first-order chi connectivity index (χ1) is 9.65. The maximum atomic E-state index is 5.68. The van der Waals surface area contributed by atoms with Crippen molar-refractivity contribution in [2.45, 2.75) is 34.2 Å². The van der Waals surface area contributed by atoms with Crippen molar-refractivity contribution in [3.05, 3.63) is 29.8 Å². The Balaban J connectivity index is 2.24. The van der Waals surface area contributed by atoms with Gasteiger partial charge >= 0.3 is 0 Å². The predicted octanol–water partition coefficient (Wildman–Crippen LogP) is 3.15. The van der Waals surface area contributed by atoms with E-state index in [2.05, 4.69) is 62.2 Å². The van der Waals surface area contributed by atoms with Gasteiger partial charge in [0.1, 0.15) is 5.75 Å². The maximum absolute atomic E-state index is 5.68. The second-order valence-electron chi connectivity index (χ2n) is 5.55. The zero-order chi connectivity index (χ0) is 14.8. The topological polar surface area (TPSA) is 24.5 Å². The number of hydrogen-bond acceptors (Lipinski definition) is 3. The lowest BCUT2D eigenvalue weighted by Crippen LogP contribution is -2.31. The van der Waals surface area contributed by atoms with Crippen LogP contribution >= 0.6 is 0 Å². The summed E-state index contributed by atoms with van der Waals surface area (Å²) in [4.78, 5) is 2.43. The van der Waals surface area contributed by atoms with Gasteiger partial charge in [-0.2, -0.15) is 0 Å². The fraction of sp³-hybridized carbons (Fsp3) is 0.647. The van der Waals surface area contributed by atoms with Gasteiger partial charge in [0.15, 0.2) is 0 Å². The van der Waals surface area contributed by atoms with Crippen molar-refractivity contribution in [3.8, 4) is 5.75 Å². The minimum absolute atomic E-state index is 0.566. The number of rotatable bonds is 10. The number of benzene rings is 1. The molecular weight excluding hydrogens is 248 g/mol. The Hall–Kier alpha value is -1.06. The van der Waals surface area contributed by atoms with Gasteiger partial charge < -0.3 is 15.0 Å². The lowest BCUT2D eigenvalue weighted by atomic mass is 10.2. The van der Waals surface area contributed by atoms with Crippen molar-refractivity contribution < 1.29 is 4.74 Å². The fourth-order valence-corrected chi connectivity index (χ4v) is 1.98. The van der Waals surface area contributed by atoms with Gasteiger partial charge in [0.25, 0.3) is 0 Å². The molecule has 0 bridgehead atoms. The predicted molar refractivity (Wildman–Crippen MR) is 86.3 cm³/mol. The largest absolute Gasteiger partial charge is 0.493 e. The van der Waals surface area contributed by atoms with Crippen molar-refractivity contribution in [1.29, 1.82) is 0 Å². The van der Waals surface area contributed by atoms with Crippen LogP contribution in [0.1, 0.15) is 33.3 Å². The first-order valence-corrected chi connectivity index (χ1v) is 7.80. The summed E-state index contributed by atoms with van der Waals surface area (Å²) in [6, 6.07) is 8.40. The van der Waals surface area contributed by atoms with Crippen molar-refractivity contribution in [2.24, 2.45) is 5.92 Å². The lowest BCUT2D eigenvalue weighted by Gasteiger charge is -2.18.